The number of rotatable bonds is 3. The van der Waals surface area contributed by atoms with E-state index in [-0.39, 0.29) is 5.04 Å². The van der Waals surface area contributed by atoms with E-state index in [0.29, 0.717) is 0 Å². The fourth-order valence-electron chi connectivity index (χ4n) is 0.822. The van der Waals surface area contributed by atoms with Gasteiger partial charge < -0.3 is 9.53 Å². The highest BCUT2D eigenvalue weighted by Crippen LogP contribution is 2.36. The lowest BCUT2D eigenvalue weighted by atomic mass is 10.2. The average Bonchev–Trinajstić information content (AvgIpc) is 1.79. The van der Waals surface area contributed by atoms with Crippen LogP contribution in [0, 0.1) is 0 Å². The van der Waals surface area contributed by atoms with Crippen LogP contribution in [0.1, 0.15) is 27.7 Å². The van der Waals surface area contributed by atoms with Gasteiger partial charge in [-0.05, 0) is 25.1 Å². The molecule has 2 N–H and O–H groups in total. The van der Waals surface area contributed by atoms with Gasteiger partial charge in [-0.25, -0.2) is 4.79 Å². The molecule has 5 heteroatoms. The number of amides is 1. The highest BCUT2D eigenvalue weighted by atomic mass is 28.4. The molecule has 0 bridgehead atoms. The molecule has 0 saturated carbocycles. The van der Waals surface area contributed by atoms with E-state index >= 15 is 0 Å². The maximum atomic E-state index is 10.4. The zero-order valence-corrected chi connectivity index (χ0v) is 10.8. The van der Waals surface area contributed by atoms with Gasteiger partial charge in [0.1, 0.15) is 6.23 Å². The first kappa shape index (κ1) is 13.4. The third kappa shape index (κ3) is 4.10. The second-order valence-corrected chi connectivity index (χ2v) is 9.73. The molecular formula is C9H21NO3Si. The molecule has 14 heavy (non-hydrogen) atoms. The van der Waals surface area contributed by atoms with E-state index in [9.17, 15) is 4.79 Å². The molecule has 4 nitrogen and oxygen atoms in total. The van der Waals surface area contributed by atoms with Gasteiger partial charge in [0.15, 0.2) is 8.32 Å². The third-order valence-corrected chi connectivity index (χ3v) is 7.16. The van der Waals surface area contributed by atoms with Gasteiger partial charge in [-0.3, -0.25) is 5.32 Å². The number of hydrogen-bond donors (Lipinski definition) is 2. The Hall–Kier alpha value is -0.553. The van der Waals surface area contributed by atoms with Crippen molar-refractivity contribution < 1.29 is 14.3 Å². The van der Waals surface area contributed by atoms with Crippen molar-refractivity contribution in [3.8, 4) is 0 Å². The Morgan fingerprint density at radius 3 is 2.14 bits per heavy atom. The largest absolute Gasteiger partial charge is 0.465 e. The lowest BCUT2D eigenvalue weighted by molar-refractivity contribution is 0.138. The molecule has 0 aliphatic rings. The van der Waals surface area contributed by atoms with Crippen molar-refractivity contribution in [1.29, 1.82) is 0 Å². The van der Waals surface area contributed by atoms with Gasteiger partial charge >= 0.3 is 6.09 Å². The standard InChI is InChI=1S/C9H21NO3Si/c1-7(10-8(11)12)13-14(5,6)9(2,3)4/h7,10H,1-6H3,(H,11,12). The smallest absolute Gasteiger partial charge is 0.406 e. The predicted molar refractivity (Wildman–Crippen MR) is 58.9 cm³/mol. The maximum Gasteiger partial charge on any atom is 0.406 e. The Morgan fingerprint density at radius 1 is 1.43 bits per heavy atom. The fourth-order valence-corrected chi connectivity index (χ4v) is 2.12. The first-order valence-corrected chi connectivity index (χ1v) is 7.64. The summed E-state index contributed by atoms with van der Waals surface area (Å²) in [5.74, 6) is 0. The van der Waals surface area contributed by atoms with Crippen LogP contribution < -0.4 is 5.32 Å². The van der Waals surface area contributed by atoms with Crippen LogP contribution in [0.25, 0.3) is 0 Å². The van der Waals surface area contributed by atoms with E-state index in [1.54, 1.807) is 6.92 Å². The molecule has 1 atom stereocenters. The molecule has 0 heterocycles. The summed E-state index contributed by atoms with van der Waals surface area (Å²) in [6, 6.07) is 0. The van der Waals surface area contributed by atoms with Gasteiger partial charge in [0.25, 0.3) is 0 Å². The lowest BCUT2D eigenvalue weighted by Gasteiger charge is -2.38. The Balaban J connectivity index is 4.29. The van der Waals surface area contributed by atoms with Gasteiger partial charge in [0.05, 0.1) is 0 Å². The first-order valence-electron chi connectivity index (χ1n) is 4.73. The quantitative estimate of drug-likeness (QED) is 0.566. The second-order valence-electron chi connectivity index (χ2n) is 4.97. The summed E-state index contributed by atoms with van der Waals surface area (Å²) in [7, 11) is -1.86. The van der Waals surface area contributed by atoms with Crippen molar-refractivity contribution >= 4 is 14.4 Å². The molecule has 0 aromatic heterocycles. The molecular weight excluding hydrogens is 198 g/mol. The van der Waals surface area contributed by atoms with Crippen LogP contribution in [0.4, 0.5) is 4.79 Å². The molecule has 0 aliphatic carbocycles. The highest BCUT2D eigenvalue weighted by molar-refractivity contribution is 6.74. The Labute approximate surface area is 86.8 Å². The topological polar surface area (TPSA) is 58.6 Å². The normalized spacial score (nSPS) is 15.0. The second kappa shape index (κ2) is 4.31. The molecule has 0 saturated heterocycles. The van der Waals surface area contributed by atoms with E-state index in [1.807, 2.05) is 0 Å². The fraction of sp³-hybridized carbons (Fsp3) is 0.889. The van der Waals surface area contributed by atoms with Crippen LogP contribution in [0.15, 0.2) is 0 Å². The van der Waals surface area contributed by atoms with E-state index < -0.39 is 20.6 Å². The van der Waals surface area contributed by atoms with E-state index in [2.05, 4.69) is 39.2 Å². The van der Waals surface area contributed by atoms with Crippen LogP contribution in [0.2, 0.25) is 18.1 Å². The number of hydrogen-bond acceptors (Lipinski definition) is 2. The minimum atomic E-state index is -1.86. The van der Waals surface area contributed by atoms with Crippen LogP contribution in [0.5, 0.6) is 0 Å². The maximum absolute atomic E-state index is 10.4. The molecule has 0 fully saturated rings. The zero-order chi connectivity index (χ0) is 11.6. The molecule has 0 aliphatic heterocycles. The zero-order valence-electron chi connectivity index (χ0n) is 9.84. The summed E-state index contributed by atoms with van der Waals surface area (Å²) in [4.78, 5) is 10.4. The van der Waals surface area contributed by atoms with Gasteiger partial charge in [-0.1, -0.05) is 20.8 Å². The van der Waals surface area contributed by atoms with Crippen molar-refractivity contribution in [2.75, 3.05) is 0 Å². The Kier molecular flexibility index (Phi) is 4.14. The lowest BCUT2D eigenvalue weighted by Crippen LogP contribution is -2.48. The SMILES string of the molecule is CC(NC(=O)O)O[Si](C)(C)C(C)(C)C. The molecule has 1 unspecified atom stereocenters. The minimum Gasteiger partial charge on any atom is -0.465 e. The summed E-state index contributed by atoms with van der Waals surface area (Å²) in [6.07, 6.45) is -1.48. The molecule has 0 radical (unpaired) electrons. The molecule has 0 aromatic rings. The summed E-state index contributed by atoms with van der Waals surface area (Å²) in [6.45, 7) is 12.3. The average molecular weight is 219 g/mol. The minimum absolute atomic E-state index is 0.0987. The third-order valence-electron chi connectivity index (χ3n) is 2.60. The van der Waals surface area contributed by atoms with E-state index in [4.69, 9.17) is 9.53 Å². The monoisotopic (exact) mass is 219 g/mol. The van der Waals surface area contributed by atoms with Crippen LogP contribution in [0.3, 0.4) is 0 Å². The molecule has 0 aromatic carbocycles. The van der Waals surface area contributed by atoms with Gasteiger partial charge in [-0.15, -0.1) is 0 Å². The Morgan fingerprint density at radius 2 is 1.86 bits per heavy atom. The molecule has 1 amide bonds. The molecule has 84 valence electrons. The summed E-state index contributed by atoms with van der Waals surface area (Å²) in [5, 5.41) is 10.9. The van der Waals surface area contributed by atoms with E-state index in [0.717, 1.165) is 0 Å². The van der Waals surface area contributed by atoms with Gasteiger partial charge in [0.2, 0.25) is 0 Å². The van der Waals surface area contributed by atoms with Crippen molar-refractivity contribution in [1.82, 2.24) is 5.32 Å². The Bertz CT molecular complexity index is 211. The van der Waals surface area contributed by atoms with Crippen molar-refractivity contribution in [3.05, 3.63) is 0 Å². The number of carbonyl (C=O) groups is 1. The first-order chi connectivity index (χ1) is 6.06. The van der Waals surface area contributed by atoms with Crippen LogP contribution in [-0.2, 0) is 4.43 Å². The molecule has 0 spiro atoms. The van der Waals surface area contributed by atoms with Crippen LogP contribution >= 0.6 is 0 Å². The summed E-state index contributed by atoms with van der Waals surface area (Å²) < 4.78 is 5.76. The van der Waals surface area contributed by atoms with Gasteiger partial charge in [-0.2, -0.15) is 0 Å². The van der Waals surface area contributed by atoms with Gasteiger partial charge in [0, 0.05) is 0 Å². The molecule has 0 rings (SSSR count). The summed E-state index contributed by atoms with van der Waals surface area (Å²) >= 11 is 0. The van der Waals surface area contributed by atoms with E-state index in [1.165, 1.54) is 0 Å². The predicted octanol–water partition coefficient (Wildman–Crippen LogP) is 2.62. The summed E-state index contributed by atoms with van der Waals surface area (Å²) in [5.41, 5.74) is 0. The van der Waals surface area contributed by atoms with Crippen molar-refractivity contribution in [2.45, 2.75) is 52.1 Å². The van der Waals surface area contributed by atoms with Crippen molar-refractivity contribution in [2.24, 2.45) is 0 Å². The van der Waals surface area contributed by atoms with Crippen LogP contribution in [-0.4, -0.2) is 25.7 Å². The highest BCUT2D eigenvalue weighted by Gasteiger charge is 2.38. The van der Waals surface area contributed by atoms with Crippen molar-refractivity contribution in [3.63, 3.8) is 0 Å². The number of nitrogens with one attached hydrogen (secondary N) is 1. The number of carboxylic acid groups (broad SMARTS) is 1.